The lowest BCUT2D eigenvalue weighted by atomic mass is 9.98. The smallest absolute Gasteiger partial charge is 0.0709 e. The molecule has 0 radical (unpaired) electrons. The van der Waals surface area contributed by atoms with Gasteiger partial charge in [-0.05, 0) is 115 Å². The van der Waals surface area contributed by atoms with Crippen molar-refractivity contribution in [2.24, 2.45) is 0 Å². The molecule has 47 heavy (non-hydrogen) atoms. The SMILES string of the molecule is Cc1ccc(C)c(N(c2cccc(-c3cc(-c4ccccc4)c(C)cn3)c2)c2cccc(-c3cc(-c4ccccc4)c(C)cn3)c2)c1. The van der Waals surface area contributed by atoms with Crippen LogP contribution in [0.2, 0.25) is 0 Å². The van der Waals surface area contributed by atoms with E-state index in [1.54, 1.807) is 0 Å². The molecule has 7 aromatic rings. The summed E-state index contributed by atoms with van der Waals surface area (Å²) in [5.74, 6) is 0. The third-order valence-corrected chi connectivity index (χ3v) is 8.78. The summed E-state index contributed by atoms with van der Waals surface area (Å²) in [7, 11) is 0. The number of rotatable bonds is 7. The molecule has 0 atom stereocenters. The Morgan fingerprint density at radius 2 is 0.872 bits per heavy atom. The minimum atomic E-state index is 0.947. The lowest BCUT2D eigenvalue weighted by Gasteiger charge is -2.28. The van der Waals surface area contributed by atoms with Crippen LogP contribution in [-0.2, 0) is 0 Å². The largest absolute Gasteiger partial charge is 0.310 e. The van der Waals surface area contributed by atoms with Gasteiger partial charge in [-0.2, -0.15) is 0 Å². The lowest BCUT2D eigenvalue weighted by molar-refractivity contribution is 1.23. The van der Waals surface area contributed by atoms with Crippen LogP contribution in [0.15, 0.2) is 152 Å². The van der Waals surface area contributed by atoms with Crippen LogP contribution in [-0.4, -0.2) is 9.97 Å². The van der Waals surface area contributed by atoms with Crippen LogP contribution in [0.4, 0.5) is 17.1 Å². The highest BCUT2D eigenvalue weighted by Gasteiger charge is 2.18. The highest BCUT2D eigenvalue weighted by Crippen LogP contribution is 2.40. The summed E-state index contributed by atoms with van der Waals surface area (Å²) < 4.78 is 0. The molecule has 0 saturated heterocycles. The van der Waals surface area contributed by atoms with Gasteiger partial charge in [0.1, 0.15) is 0 Å². The van der Waals surface area contributed by atoms with Gasteiger partial charge >= 0.3 is 0 Å². The van der Waals surface area contributed by atoms with Gasteiger partial charge in [0.05, 0.1) is 11.4 Å². The molecule has 7 rings (SSSR count). The molecule has 2 heterocycles. The number of anilines is 3. The van der Waals surface area contributed by atoms with Crippen LogP contribution < -0.4 is 4.90 Å². The second kappa shape index (κ2) is 12.9. The third kappa shape index (κ3) is 6.21. The minimum Gasteiger partial charge on any atom is -0.310 e. The zero-order valence-electron chi connectivity index (χ0n) is 27.3. The Morgan fingerprint density at radius 3 is 1.36 bits per heavy atom. The molecule has 0 unspecified atom stereocenters. The van der Waals surface area contributed by atoms with Crippen LogP contribution >= 0.6 is 0 Å². The molecular formula is C44H37N3. The van der Waals surface area contributed by atoms with Crippen molar-refractivity contribution in [1.29, 1.82) is 0 Å². The van der Waals surface area contributed by atoms with E-state index >= 15 is 0 Å². The number of hydrogen-bond donors (Lipinski definition) is 0. The maximum Gasteiger partial charge on any atom is 0.0709 e. The molecule has 0 bridgehead atoms. The molecular weight excluding hydrogens is 571 g/mol. The van der Waals surface area contributed by atoms with Crippen LogP contribution in [0.25, 0.3) is 44.8 Å². The van der Waals surface area contributed by atoms with E-state index in [4.69, 9.17) is 9.97 Å². The molecule has 0 N–H and O–H groups in total. The first-order chi connectivity index (χ1) is 22.9. The number of nitrogens with zero attached hydrogens (tertiary/aromatic N) is 3. The minimum absolute atomic E-state index is 0.947. The fourth-order valence-corrected chi connectivity index (χ4v) is 6.22. The van der Waals surface area contributed by atoms with E-state index in [-0.39, 0.29) is 0 Å². The summed E-state index contributed by atoms with van der Waals surface area (Å²) in [5.41, 5.74) is 16.8. The van der Waals surface area contributed by atoms with Crippen molar-refractivity contribution in [2.45, 2.75) is 27.7 Å². The van der Waals surface area contributed by atoms with Crippen molar-refractivity contribution in [2.75, 3.05) is 4.90 Å². The molecule has 0 spiro atoms. The Morgan fingerprint density at radius 1 is 0.404 bits per heavy atom. The predicted molar refractivity (Wildman–Crippen MR) is 197 cm³/mol. The molecule has 228 valence electrons. The highest BCUT2D eigenvalue weighted by atomic mass is 15.1. The number of hydrogen-bond acceptors (Lipinski definition) is 3. The van der Waals surface area contributed by atoms with Crippen molar-refractivity contribution in [3.05, 3.63) is 174 Å². The molecule has 3 heteroatoms. The maximum atomic E-state index is 4.88. The van der Waals surface area contributed by atoms with Crippen LogP contribution in [0, 0.1) is 27.7 Å². The number of aryl methyl sites for hydroxylation is 4. The van der Waals surface area contributed by atoms with Gasteiger partial charge in [-0.25, -0.2) is 0 Å². The quantitative estimate of drug-likeness (QED) is 0.180. The van der Waals surface area contributed by atoms with Crippen molar-refractivity contribution in [1.82, 2.24) is 9.97 Å². The van der Waals surface area contributed by atoms with Gasteiger partial charge in [0.15, 0.2) is 0 Å². The predicted octanol–water partition coefficient (Wildman–Crippen LogP) is 11.8. The number of benzene rings is 5. The lowest BCUT2D eigenvalue weighted by Crippen LogP contribution is -2.12. The van der Waals surface area contributed by atoms with Crippen LogP contribution in [0.3, 0.4) is 0 Å². The summed E-state index contributed by atoms with van der Waals surface area (Å²) in [4.78, 5) is 12.1. The average molecular weight is 608 g/mol. The van der Waals surface area contributed by atoms with Crippen LogP contribution in [0.5, 0.6) is 0 Å². The van der Waals surface area contributed by atoms with Crippen LogP contribution in [0.1, 0.15) is 22.3 Å². The molecule has 5 aromatic carbocycles. The highest BCUT2D eigenvalue weighted by molar-refractivity contribution is 5.84. The normalized spacial score (nSPS) is 11.0. The summed E-state index contributed by atoms with van der Waals surface area (Å²) in [6.45, 7) is 8.57. The maximum absolute atomic E-state index is 4.88. The molecule has 2 aromatic heterocycles. The monoisotopic (exact) mass is 607 g/mol. The standard InChI is InChI=1S/C44H37N3/c1-30-21-22-31(2)44(23-30)47(38-19-11-17-36(24-38)42-26-40(32(3)28-45-42)34-13-7-5-8-14-34)39-20-12-18-37(25-39)43-27-41(33(4)29-46-43)35-15-9-6-10-16-35/h5-29H,1-4H3. The average Bonchev–Trinajstić information content (AvgIpc) is 3.11. The van der Waals surface area contributed by atoms with E-state index in [0.29, 0.717) is 0 Å². The summed E-state index contributed by atoms with van der Waals surface area (Å²) >= 11 is 0. The molecule has 0 aliphatic carbocycles. The molecule has 0 aliphatic rings. The zero-order valence-corrected chi connectivity index (χ0v) is 27.3. The van der Waals surface area contributed by atoms with Gasteiger partial charge in [-0.3, -0.25) is 9.97 Å². The zero-order chi connectivity index (χ0) is 32.3. The molecule has 0 saturated carbocycles. The number of aromatic nitrogens is 2. The Labute approximate surface area is 277 Å². The molecule has 0 fully saturated rings. The van der Waals surface area contributed by atoms with Crippen molar-refractivity contribution >= 4 is 17.1 Å². The number of pyridine rings is 2. The summed E-state index contributed by atoms with van der Waals surface area (Å²) in [5, 5.41) is 0. The topological polar surface area (TPSA) is 29.0 Å². The molecule has 0 amide bonds. The van der Waals surface area contributed by atoms with E-state index in [9.17, 15) is 0 Å². The van der Waals surface area contributed by atoms with Gasteiger partial charge < -0.3 is 4.90 Å². The Hall–Kier alpha value is -5.80. The van der Waals surface area contributed by atoms with Gasteiger partial charge in [0.25, 0.3) is 0 Å². The summed E-state index contributed by atoms with van der Waals surface area (Å²) in [6, 6.07) is 49.5. The van der Waals surface area contributed by atoms with E-state index in [1.165, 1.54) is 33.4 Å². The fraction of sp³-hybridized carbons (Fsp3) is 0.0909. The first-order valence-corrected chi connectivity index (χ1v) is 16.1. The van der Waals surface area contributed by atoms with Crippen molar-refractivity contribution in [3.8, 4) is 44.8 Å². The van der Waals surface area contributed by atoms with E-state index in [0.717, 1.165) is 50.7 Å². The first-order valence-electron chi connectivity index (χ1n) is 16.1. The third-order valence-electron chi connectivity index (χ3n) is 8.78. The second-order valence-corrected chi connectivity index (χ2v) is 12.2. The van der Waals surface area contributed by atoms with Crippen molar-refractivity contribution < 1.29 is 0 Å². The Kier molecular flexibility index (Phi) is 8.20. The van der Waals surface area contributed by atoms with Gasteiger partial charge in [-0.15, -0.1) is 0 Å². The summed E-state index contributed by atoms with van der Waals surface area (Å²) in [6.07, 6.45) is 3.96. The molecule has 0 aliphatic heterocycles. The van der Waals surface area contributed by atoms with E-state index < -0.39 is 0 Å². The van der Waals surface area contributed by atoms with Gasteiger partial charge in [0, 0.05) is 40.6 Å². The van der Waals surface area contributed by atoms with E-state index in [2.05, 4.69) is 172 Å². The van der Waals surface area contributed by atoms with Gasteiger partial charge in [-0.1, -0.05) is 97.1 Å². The fourth-order valence-electron chi connectivity index (χ4n) is 6.22. The Bertz CT molecular complexity index is 2050. The van der Waals surface area contributed by atoms with E-state index in [1.807, 2.05) is 12.4 Å². The first kappa shape index (κ1) is 29.9. The second-order valence-electron chi connectivity index (χ2n) is 12.2. The molecule has 3 nitrogen and oxygen atoms in total. The van der Waals surface area contributed by atoms with Crippen molar-refractivity contribution in [3.63, 3.8) is 0 Å². The van der Waals surface area contributed by atoms with Gasteiger partial charge in [0.2, 0.25) is 0 Å². The Balaban J connectivity index is 1.34.